The Bertz CT molecular complexity index is 164. The molecule has 0 saturated carbocycles. The highest BCUT2D eigenvalue weighted by atomic mass is 16.7. The van der Waals surface area contributed by atoms with Crippen molar-refractivity contribution in [3.8, 4) is 0 Å². The number of ether oxygens (including phenoxy) is 2. The molecule has 0 bridgehead atoms. The molecule has 4 heteroatoms. The van der Waals surface area contributed by atoms with Gasteiger partial charge in [-0.2, -0.15) is 0 Å². The van der Waals surface area contributed by atoms with Crippen LogP contribution in [0.5, 0.6) is 0 Å². The van der Waals surface area contributed by atoms with Crippen molar-refractivity contribution in [1.82, 2.24) is 0 Å². The van der Waals surface area contributed by atoms with E-state index in [-0.39, 0.29) is 6.61 Å². The van der Waals surface area contributed by atoms with Crippen molar-refractivity contribution >= 4 is 0 Å². The molecular weight excluding hydrogens is 160 g/mol. The van der Waals surface area contributed by atoms with Gasteiger partial charge in [0.15, 0.2) is 5.79 Å². The molecule has 0 unspecified atom stereocenters. The Morgan fingerprint density at radius 2 is 2.00 bits per heavy atom. The van der Waals surface area contributed by atoms with Crippen LogP contribution in [0.25, 0.3) is 0 Å². The summed E-state index contributed by atoms with van der Waals surface area (Å²) in [5.41, 5.74) is 0. The summed E-state index contributed by atoms with van der Waals surface area (Å²) >= 11 is 0. The lowest BCUT2D eigenvalue weighted by molar-refractivity contribution is -0.271. The normalized spacial score (nSPS) is 48.5. The van der Waals surface area contributed by atoms with Crippen LogP contribution in [0.2, 0.25) is 0 Å². The van der Waals surface area contributed by atoms with E-state index in [2.05, 4.69) is 0 Å². The molecule has 2 fully saturated rings. The third kappa shape index (κ3) is 1.35. The van der Waals surface area contributed by atoms with Crippen molar-refractivity contribution in [2.45, 2.75) is 37.3 Å². The Morgan fingerprint density at radius 3 is 2.58 bits per heavy atom. The van der Waals surface area contributed by atoms with Gasteiger partial charge in [-0.15, -0.1) is 0 Å². The van der Waals surface area contributed by atoms with E-state index in [0.29, 0.717) is 13.0 Å². The number of aliphatic hydroxyl groups excluding tert-OH is 2. The molecule has 2 heterocycles. The van der Waals surface area contributed by atoms with Gasteiger partial charge in [0, 0.05) is 12.8 Å². The molecule has 2 rings (SSSR count). The molecule has 0 amide bonds. The predicted molar refractivity (Wildman–Crippen MR) is 40.5 cm³/mol. The predicted octanol–water partition coefficient (Wildman–Crippen LogP) is -0.365. The van der Waals surface area contributed by atoms with E-state index >= 15 is 0 Å². The second-order valence-electron chi connectivity index (χ2n) is 3.51. The van der Waals surface area contributed by atoms with Crippen LogP contribution >= 0.6 is 0 Å². The zero-order valence-electron chi connectivity index (χ0n) is 6.90. The Morgan fingerprint density at radius 1 is 1.17 bits per heavy atom. The summed E-state index contributed by atoms with van der Waals surface area (Å²) in [4.78, 5) is 0. The minimum absolute atomic E-state index is 0.182. The summed E-state index contributed by atoms with van der Waals surface area (Å²) < 4.78 is 10.8. The molecule has 0 aliphatic carbocycles. The second kappa shape index (κ2) is 2.96. The summed E-state index contributed by atoms with van der Waals surface area (Å²) in [5.74, 6) is -0.585. The van der Waals surface area contributed by atoms with Gasteiger partial charge in [-0.3, -0.25) is 0 Å². The first-order chi connectivity index (χ1) is 5.72. The van der Waals surface area contributed by atoms with Crippen LogP contribution in [0.4, 0.5) is 0 Å². The van der Waals surface area contributed by atoms with Gasteiger partial charge in [0.2, 0.25) is 0 Å². The van der Waals surface area contributed by atoms with Crippen molar-refractivity contribution < 1.29 is 19.7 Å². The average molecular weight is 174 g/mol. The summed E-state index contributed by atoms with van der Waals surface area (Å²) in [6.07, 6.45) is 0.755. The van der Waals surface area contributed by atoms with Crippen LogP contribution in [0, 0.1) is 0 Å². The van der Waals surface area contributed by atoms with E-state index in [0.717, 1.165) is 12.8 Å². The Labute approximate surface area is 71.1 Å². The van der Waals surface area contributed by atoms with Crippen molar-refractivity contribution in [2.75, 3.05) is 13.2 Å². The third-order valence-corrected chi connectivity index (χ3v) is 2.55. The summed E-state index contributed by atoms with van der Waals surface area (Å²) in [6, 6.07) is 0. The molecule has 2 N–H and O–H groups in total. The Hall–Kier alpha value is -0.160. The maximum absolute atomic E-state index is 9.39. The smallest absolute Gasteiger partial charge is 0.171 e. The van der Waals surface area contributed by atoms with Gasteiger partial charge in [-0.1, -0.05) is 0 Å². The van der Waals surface area contributed by atoms with E-state index in [1.165, 1.54) is 0 Å². The molecule has 0 aromatic heterocycles. The van der Waals surface area contributed by atoms with Crippen LogP contribution in [-0.2, 0) is 9.47 Å². The van der Waals surface area contributed by atoms with Crippen molar-refractivity contribution in [3.05, 3.63) is 0 Å². The Balaban J connectivity index is 2.01. The highest BCUT2D eigenvalue weighted by Gasteiger charge is 2.43. The average Bonchev–Trinajstić information content (AvgIpc) is 2.47. The van der Waals surface area contributed by atoms with Crippen LogP contribution < -0.4 is 0 Å². The minimum Gasteiger partial charge on any atom is -0.390 e. The molecule has 2 aliphatic heterocycles. The topological polar surface area (TPSA) is 58.9 Å². The van der Waals surface area contributed by atoms with Gasteiger partial charge in [-0.05, 0) is 6.42 Å². The van der Waals surface area contributed by atoms with Gasteiger partial charge >= 0.3 is 0 Å². The van der Waals surface area contributed by atoms with Crippen molar-refractivity contribution in [3.63, 3.8) is 0 Å². The molecule has 2 saturated heterocycles. The monoisotopic (exact) mass is 174 g/mol. The zero-order valence-corrected chi connectivity index (χ0v) is 6.90. The fourth-order valence-electron chi connectivity index (χ4n) is 1.81. The summed E-state index contributed by atoms with van der Waals surface area (Å²) in [6.45, 7) is 0.879. The highest BCUT2D eigenvalue weighted by Crippen LogP contribution is 2.35. The van der Waals surface area contributed by atoms with E-state index in [1.54, 1.807) is 0 Å². The molecule has 0 radical (unpaired) electrons. The van der Waals surface area contributed by atoms with Gasteiger partial charge in [0.1, 0.15) is 6.10 Å². The van der Waals surface area contributed by atoms with Crippen LogP contribution in [-0.4, -0.2) is 41.4 Å². The number of rotatable bonds is 0. The molecule has 3 atom stereocenters. The van der Waals surface area contributed by atoms with E-state index in [9.17, 15) is 10.2 Å². The van der Waals surface area contributed by atoms with Gasteiger partial charge < -0.3 is 19.7 Å². The lowest BCUT2D eigenvalue weighted by Crippen LogP contribution is -2.48. The molecule has 1 spiro atoms. The van der Waals surface area contributed by atoms with E-state index in [4.69, 9.17) is 9.47 Å². The van der Waals surface area contributed by atoms with Gasteiger partial charge in [0.25, 0.3) is 0 Å². The summed E-state index contributed by atoms with van der Waals surface area (Å²) in [5, 5.41) is 18.6. The second-order valence-corrected chi connectivity index (χ2v) is 3.51. The standard InChI is InChI=1S/C8H14O4/c9-6-4-8(2-1-3-11-8)12-5-7(6)10/h6-7,9-10H,1-5H2/t6-,7+,8+/m0/s1. The fraction of sp³-hybridized carbons (Fsp3) is 1.00. The van der Waals surface area contributed by atoms with Crippen molar-refractivity contribution in [1.29, 1.82) is 0 Å². The molecule has 4 nitrogen and oxygen atoms in total. The SMILES string of the molecule is O[C@@H]1CO[C@]2(CCCO2)C[C@@H]1O. The minimum atomic E-state index is -0.750. The first-order valence-corrected chi connectivity index (χ1v) is 4.36. The lowest BCUT2D eigenvalue weighted by Gasteiger charge is -2.37. The number of aliphatic hydroxyl groups is 2. The lowest BCUT2D eigenvalue weighted by atomic mass is 9.98. The van der Waals surface area contributed by atoms with Crippen LogP contribution in [0.15, 0.2) is 0 Å². The molecule has 0 aromatic rings. The molecule has 2 aliphatic rings. The largest absolute Gasteiger partial charge is 0.390 e. The quantitative estimate of drug-likeness (QED) is 0.526. The van der Waals surface area contributed by atoms with E-state index < -0.39 is 18.0 Å². The third-order valence-electron chi connectivity index (χ3n) is 2.55. The van der Waals surface area contributed by atoms with Crippen LogP contribution in [0.3, 0.4) is 0 Å². The Kier molecular flexibility index (Phi) is 2.08. The first-order valence-electron chi connectivity index (χ1n) is 4.36. The van der Waals surface area contributed by atoms with Gasteiger partial charge in [0.05, 0.1) is 19.3 Å². The molecular formula is C8H14O4. The number of hydrogen-bond donors (Lipinski definition) is 2. The highest BCUT2D eigenvalue weighted by molar-refractivity contribution is 4.86. The molecule has 12 heavy (non-hydrogen) atoms. The maximum Gasteiger partial charge on any atom is 0.171 e. The van der Waals surface area contributed by atoms with Crippen LogP contribution in [0.1, 0.15) is 19.3 Å². The zero-order chi connectivity index (χ0) is 8.60. The van der Waals surface area contributed by atoms with Gasteiger partial charge in [-0.25, -0.2) is 0 Å². The fourth-order valence-corrected chi connectivity index (χ4v) is 1.81. The maximum atomic E-state index is 9.39. The first kappa shape index (κ1) is 8.44. The summed E-state index contributed by atoms with van der Waals surface area (Å²) in [7, 11) is 0. The van der Waals surface area contributed by atoms with E-state index in [1.807, 2.05) is 0 Å². The molecule has 70 valence electrons. The van der Waals surface area contributed by atoms with Crippen molar-refractivity contribution in [2.24, 2.45) is 0 Å². The number of hydrogen-bond acceptors (Lipinski definition) is 4. The molecule has 0 aromatic carbocycles.